The van der Waals surface area contributed by atoms with Gasteiger partial charge in [0.15, 0.2) is 6.61 Å². The number of hydrogen-bond donors (Lipinski definition) is 1. The monoisotopic (exact) mass is 416 g/mol. The van der Waals surface area contributed by atoms with Crippen LogP contribution in [0.4, 0.5) is 11.4 Å². The van der Waals surface area contributed by atoms with E-state index in [-0.39, 0.29) is 18.9 Å². The summed E-state index contributed by atoms with van der Waals surface area (Å²) < 4.78 is 10.4. The maximum atomic E-state index is 12.4. The van der Waals surface area contributed by atoms with Crippen molar-refractivity contribution in [2.75, 3.05) is 30.5 Å². The quantitative estimate of drug-likeness (QED) is 0.731. The van der Waals surface area contributed by atoms with Crippen LogP contribution in [0.1, 0.15) is 12.0 Å². The van der Waals surface area contributed by atoms with Gasteiger partial charge in [-0.2, -0.15) is 0 Å². The van der Waals surface area contributed by atoms with Crippen LogP contribution in [0.5, 0.6) is 5.75 Å². The SMILES string of the molecule is COc1ccc(Cl)cc1N1C[C@@H](C(=O)OCC(=O)Nc2cccc(C)c2)CC1=O. The van der Waals surface area contributed by atoms with Crippen LogP contribution in [-0.2, 0) is 19.1 Å². The number of benzene rings is 2. The molecular weight excluding hydrogens is 396 g/mol. The molecule has 1 fully saturated rings. The van der Waals surface area contributed by atoms with Gasteiger partial charge in [-0.1, -0.05) is 23.7 Å². The Morgan fingerprint density at radius 2 is 2.03 bits per heavy atom. The molecule has 2 aromatic rings. The standard InChI is InChI=1S/C21H21ClN2O5/c1-13-4-3-5-16(8-13)23-19(25)12-29-21(27)14-9-20(26)24(11-14)17-10-15(22)6-7-18(17)28-2/h3-8,10,14H,9,11-12H2,1-2H3,(H,23,25)/t14-/m0/s1. The lowest BCUT2D eigenvalue weighted by Crippen LogP contribution is -2.28. The minimum absolute atomic E-state index is 0.00595. The zero-order valence-corrected chi connectivity index (χ0v) is 16.9. The lowest BCUT2D eigenvalue weighted by atomic mass is 10.1. The minimum Gasteiger partial charge on any atom is -0.495 e. The Morgan fingerprint density at radius 1 is 1.24 bits per heavy atom. The van der Waals surface area contributed by atoms with E-state index in [9.17, 15) is 14.4 Å². The van der Waals surface area contributed by atoms with Crippen molar-refractivity contribution in [3.05, 3.63) is 53.1 Å². The zero-order chi connectivity index (χ0) is 21.0. The first-order valence-electron chi connectivity index (χ1n) is 9.04. The van der Waals surface area contributed by atoms with E-state index >= 15 is 0 Å². The number of carbonyl (C=O) groups excluding carboxylic acids is 3. The number of rotatable bonds is 6. The van der Waals surface area contributed by atoms with Crippen LogP contribution < -0.4 is 15.0 Å². The Hall–Kier alpha value is -3.06. The number of nitrogens with one attached hydrogen (secondary N) is 1. The number of esters is 1. The number of halogens is 1. The summed E-state index contributed by atoms with van der Waals surface area (Å²) in [7, 11) is 1.49. The van der Waals surface area contributed by atoms with E-state index in [1.165, 1.54) is 12.0 Å². The van der Waals surface area contributed by atoms with E-state index in [0.29, 0.717) is 22.1 Å². The Morgan fingerprint density at radius 3 is 2.76 bits per heavy atom. The van der Waals surface area contributed by atoms with Gasteiger partial charge in [-0.15, -0.1) is 0 Å². The number of nitrogens with zero attached hydrogens (tertiary/aromatic N) is 1. The summed E-state index contributed by atoms with van der Waals surface area (Å²) in [5.74, 6) is -1.47. The van der Waals surface area contributed by atoms with E-state index in [0.717, 1.165) is 5.56 Å². The summed E-state index contributed by atoms with van der Waals surface area (Å²) in [5, 5.41) is 3.12. The molecule has 1 aliphatic rings. The van der Waals surface area contributed by atoms with Crippen LogP contribution >= 0.6 is 11.6 Å². The fraction of sp³-hybridized carbons (Fsp3) is 0.286. The van der Waals surface area contributed by atoms with E-state index in [4.69, 9.17) is 21.1 Å². The van der Waals surface area contributed by atoms with Crippen molar-refractivity contribution in [1.82, 2.24) is 0 Å². The van der Waals surface area contributed by atoms with Crippen molar-refractivity contribution >= 4 is 40.8 Å². The zero-order valence-electron chi connectivity index (χ0n) is 16.1. The Kier molecular flexibility index (Phi) is 6.39. The summed E-state index contributed by atoms with van der Waals surface area (Å²) in [6, 6.07) is 12.2. The van der Waals surface area contributed by atoms with Crippen LogP contribution in [0.25, 0.3) is 0 Å². The lowest BCUT2D eigenvalue weighted by Gasteiger charge is -2.19. The molecule has 0 bridgehead atoms. The average Bonchev–Trinajstić information content (AvgIpc) is 3.07. The van der Waals surface area contributed by atoms with Crippen molar-refractivity contribution < 1.29 is 23.9 Å². The fourth-order valence-electron chi connectivity index (χ4n) is 3.15. The van der Waals surface area contributed by atoms with Crippen molar-refractivity contribution in [3.8, 4) is 5.75 Å². The van der Waals surface area contributed by atoms with Gasteiger partial charge in [-0.25, -0.2) is 0 Å². The normalized spacial score (nSPS) is 15.9. The van der Waals surface area contributed by atoms with E-state index in [1.54, 1.807) is 24.3 Å². The molecule has 3 rings (SSSR count). The van der Waals surface area contributed by atoms with Gasteiger partial charge in [0, 0.05) is 23.7 Å². The molecule has 2 aromatic carbocycles. The van der Waals surface area contributed by atoms with E-state index < -0.39 is 24.4 Å². The molecule has 0 aromatic heterocycles. The lowest BCUT2D eigenvalue weighted by molar-refractivity contribution is -0.151. The summed E-state index contributed by atoms with van der Waals surface area (Å²) in [6.07, 6.45) is -0.00595. The Balaban J connectivity index is 1.58. The van der Waals surface area contributed by atoms with Crippen LogP contribution in [-0.4, -0.2) is 38.0 Å². The molecule has 29 heavy (non-hydrogen) atoms. The molecule has 0 aliphatic carbocycles. The highest BCUT2D eigenvalue weighted by molar-refractivity contribution is 6.31. The molecule has 0 saturated carbocycles. The second kappa shape index (κ2) is 8.96. The van der Waals surface area contributed by atoms with Gasteiger partial charge >= 0.3 is 5.97 Å². The summed E-state index contributed by atoms with van der Waals surface area (Å²) >= 11 is 6.03. The predicted octanol–water partition coefficient (Wildman–Crippen LogP) is 3.19. The third-order valence-corrected chi connectivity index (χ3v) is 4.77. The number of amides is 2. The molecule has 1 aliphatic heterocycles. The van der Waals surface area contributed by atoms with Gasteiger partial charge in [0.2, 0.25) is 5.91 Å². The fourth-order valence-corrected chi connectivity index (χ4v) is 3.31. The third-order valence-electron chi connectivity index (χ3n) is 4.54. The van der Waals surface area contributed by atoms with Gasteiger partial charge in [0.05, 0.1) is 18.7 Å². The molecule has 8 heteroatoms. The highest BCUT2D eigenvalue weighted by Crippen LogP contribution is 2.35. The number of methoxy groups -OCH3 is 1. The van der Waals surface area contributed by atoms with Gasteiger partial charge < -0.3 is 19.7 Å². The summed E-state index contributed by atoms with van der Waals surface area (Å²) in [5.41, 5.74) is 2.12. The molecule has 152 valence electrons. The van der Waals surface area contributed by atoms with E-state index in [2.05, 4.69) is 5.32 Å². The van der Waals surface area contributed by atoms with Crippen molar-refractivity contribution in [2.24, 2.45) is 5.92 Å². The topological polar surface area (TPSA) is 84.9 Å². The molecule has 1 saturated heterocycles. The first-order chi connectivity index (χ1) is 13.9. The first-order valence-corrected chi connectivity index (χ1v) is 9.42. The molecule has 7 nitrogen and oxygen atoms in total. The van der Waals surface area contributed by atoms with Crippen molar-refractivity contribution in [2.45, 2.75) is 13.3 Å². The Labute approximate surface area is 173 Å². The van der Waals surface area contributed by atoms with Gasteiger partial charge in [-0.3, -0.25) is 14.4 Å². The molecule has 0 spiro atoms. The van der Waals surface area contributed by atoms with Crippen LogP contribution in [0.3, 0.4) is 0 Å². The van der Waals surface area contributed by atoms with Crippen LogP contribution in [0, 0.1) is 12.8 Å². The molecule has 0 unspecified atom stereocenters. The third kappa shape index (κ3) is 5.06. The maximum absolute atomic E-state index is 12.4. The first kappa shape index (κ1) is 20.7. The Bertz CT molecular complexity index is 946. The average molecular weight is 417 g/mol. The maximum Gasteiger partial charge on any atom is 0.311 e. The van der Waals surface area contributed by atoms with Gasteiger partial charge in [-0.05, 0) is 42.8 Å². The number of carbonyl (C=O) groups is 3. The minimum atomic E-state index is -0.669. The number of hydrogen-bond acceptors (Lipinski definition) is 5. The number of anilines is 2. The molecule has 1 heterocycles. The molecule has 1 atom stereocenters. The predicted molar refractivity (Wildman–Crippen MR) is 109 cm³/mol. The number of ether oxygens (including phenoxy) is 2. The van der Waals surface area contributed by atoms with Crippen LogP contribution in [0.2, 0.25) is 5.02 Å². The second-order valence-electron chi connectivity index (χ2n) is 6.75. The highest BCUT2D eigenvalue weighted by atomic mass is 35.5. The molecule has 1 N–H and O–H groups in total. The largest absolute Gasteiger partial charge is 0.495 e. The van der Waals surface area contributed by atoms with Crippen LogP contribution in [0.15, 0.2) is 42.5 Å². The molecular formula is C21H21ClN2O5. The summed E-state index contributed by atoms with van der Waals surface area (Å²) in [6.45, 7) is 1.62. The van der Waals surface area contributed by atoms with Gasteiger partial charge in [0.25, 0.3) is 5.91 Å². The van der Waals surface area contributed by atoms with Crippen molar-refractivity contribution in [3.63, 3.8) is 0 Å². The second-order valence-corrected chi connectivity index (χ2v) is 7.18. The summed E-state index contributed by atoms with van der Waals surface area (Å²) in [4.78, 5) is 38.2. The number of aryl methyl sites for hydroxylation is 1. The molecule has 2 amide bonds. The van der Waals surface area contributed by atoms with Crippen molar-refractivity contribution in [1.29, 1.82) is 0 Å². The molecule has 0 radical (unpaired) electrons. The highest BCUT2D eigenvalue weighted by Gasteiger charge is 2.37. The van der Waals surface area contributed by atoms with E-state index in [1.807, 2.05) is 25.1 Å². The van der Waals surface area contributed by atoms with Gasteiger partial charge in [0.1, 0.15) is 5.75 Å². The smallest absolute Gasteiger partial charge is 0.311 e.